The zero-order chi connectivity index (χ0) is 16.4. The fourth-order valence-electron chi connectivity index (χ4n) is 4.13. The van der Waals surface area contributed by atoms with Crippen molar-refractivity contribution in [2.45, 2.75) is 38.7 Å². The summed E-state index contributed by atoms with van der Waals surface area (Å²) >= 11 is 1.53. The Morgan fingerprint density at radius 1 is 1.25 bits per heavy atom. The first-order valence-corrected chi connectivity index (χ1v) is 9.56. The molecule has 0 radical (unpaired) electrons. The van der Waals surface area contributed by atoms with Gasteiger partial charge in [-0.2, -0.15) is 0 Å². The maximum atomic E-state index is 12.1. The van der Waals surface area contributed by atoms with Crippen molar-refractivity contribution in [2.75, 3.05) is 5.32 Å². The number of carbonyl (C=O) groups excluding carboxylic acids is 1. The number of benzene rings is 1. The normalized spacial score (nSPS) is 24.9. The molecule has 24 heavy (non-hydrogen) atoms. The molecule has 1 aromatic heterocycles. The minimum Gasteiger partial charge on any atom is -0.459 e. The number of rotatable bonds is 6. The van der Waals surface area contributed by atoms with Crippen LogP contribution in [0.2, 0.25) is 0 Å². The summed E-state index contributed by atoms with van der Waals surface area (Å²) in [4.78, 5) is 16.6. The predicted molar refractivity (Wildman–Crippen MR) is 95.2 cm³/mol. The molecule has 1 heterocycles. The van der Waals surface area contributed by atoms with E-state index >= 15 is 0 Å². The molecule has 2 aliphatic carbocycles. The molecule has 1 N–H and O–H groups in total. The molecule has 5 heteroatoms. The Balaban J connectivity index is 1.25. The SMILES string of the molecule is O=C(CC1CC2CCC1C2)OCc1csc(Nc2ccccc2)n1. The Bertz CT molecular complexity index is 700. The summed E-state index contributed by atoms with van der Waals surface area (Å²) in [6.45, 7) is 0.270. The third-order valence-corrected chi connectivity index (χ3v) is 6.08. The van der Waals surface area contributed by atoms with Crippen LogP contribution in [-0.2, 0) is 16.1 Å². The molecule has 0 aliphatic heterocycles. The molecule has 0 amide bonds. The molecule has 2 aromatic rings. The maximum absolute atomic E-state index is 12.1. The largest absolute Gasteiger partial charge is 0.459 e. The molecule has 4 rings (SSSR count). The number of nitrogens with one attached hydrogen (secondary N) is 1. The zero-order valence-electron chi connectivity index (χ0n) is 13.6. The zero-order valence-corrected chi connectivity index (χ0v) is 14.4. The topological polar surface area (TPSA) is 51.2 Å². The quantitative estimate of drug-likeness (QED) is 0.769. The average Bonchev–Trinajstić information content (AvgIpc) is 3.31. The van der Waals surface area contributed by atoms with Crippen molar-refractivity contribution >= 4 is 28.1 Å². The van der Waals surface area contributed by atoms with Gasteiger partial charge in [0.1, 0.15) is 6.61 Å². The Hall–Kier alpha value is -1.88. The Labute approximate surface area is 146 Å². The van der Waals surface area contributed by atoms with Gasteiger partial charge in [-0.3, -0.25) is 4.79 Å². The maximum Gasteiger partial charge on any atom is 0.306 e. The summed E-state index contributed by atoms with van der Waals surface area (Å²) in [5.74, 6) is 2.13. The number of para-hydroxylation sites is 1. The number of carbonyl (C=O) groups is 1. The van der Waals surface area contributed by atoms with E-state index in [0.717, 1.165) is 28.3 Å². The minimum atomic E-state index is -0.0712. The van der Waals surface area contributed by atoms with Crippen molar-refractivity contribution in [1.82, 2.24) is 4.98 Å². The van der Waals surface area contributed by atoms with E-state index in [4.69, 9.17) is 4.74 Å². The van der Waals surface area contributed by atoms with Crippen molar-refractivity contribution < 1.29 is 9.53 Å². The van der Waals surface area contributed by atoms with Crippen molar-refractivity contribution in [3.05, 3.63) is 41.4 Å². The lowest BCUT2D eigenvalue weighted by Gasteiger charge is -2.20. The average molecular weight is 342 g/mol. The first-order chi connectivity index (χ1) is 11.8. The van der Waals surface area contributed by atoms with Gasteiger partial charge in [0, 0.05) is 17.5 Å². The van der Waals surface area contributed by atoms with E-state index in [1.54, 1.807) is 0 Å². The lowest BCUT2D eigenvalue weighted by Crippen LogP contribution is -2.17. The number of ether oxygens (including phenoxy) is 1. The van der Waals surface area contributed by atoms with E-state index in [1.165, 1.54) is 37.0 Å². The summed E-state index contributed by atoms with van der Waals surface area (Å²) in [6.07, 6.45) is 5.82. The van der Waals surface area contributed by atoms with Gasteiger partial charge >= 0.3 is 5.97 Å². The molecule has 3 unspecified atom stereocenters. The predicted octanol–water partition coefficient (Wildman–Crippen LogP) is 4.76. The highest BCUT2D eigenvalue weighted by molar-refractivity contribution is 7.13. The van der Waals surface area contributed by atoms with Crippen LogP contribution in [0.4, 0.5) is 10.8 Å². The molecule has 0 saturated heterocycles. The van der Waals surface area contributed by atoms with Crippen LogP contribution in [0.3, 0.4) is 0 Å². The Morgan fingerprint density at radius 2 is 2.12 bits per heavy atom. The second-order valence-corrected chi connectivity index (χ2v) is 7.79. The summed E-state index contributed by atoms with van der Waals surface area (Å²) < 4.78 is 5.44. The van der Waals surface area contributed by atoms with E-state index in [9.17, 15) is 4.79 Å². The van der Waals surface area contributed by atoms with Gasteiger partial charge < -0.3 is 10.1 Å². The molecule has 2 bridgehead atoms. The number of aromatic nitrogens is 1. The Morgan fingerprint density at radius 3 is 2.88 bits per heavy atom. The summed E-state index contributed by atoms with van der Waals surface area (Å²) in [5, 5.41) is 6.02. The number of hydrogen-bond donors (Lipinski definition) is 1. The third-order valence-electron chi connectivity index (χ3n) is 5.27. The van der Waals surface area contributed by atoms with Crippen molar-refractivity contribution in [1.29, 1.82) is 0 Å². The molecule has 2 fully saturated rings. The molecular weight excluding hydrogens is 320 g/mol. The smallest absolute Gasteiger partial charge is 0.306 e. The van der Waals surface area contributed by atoms with Crippen molar-refractivity contribution in [3.63, 3.8) is 0 Å². The number of nitrogens with zero attached hydrogens (tertiary/aromatic N) is 1. The van der Waals surface area contributed by atoms with Crippen molar-refractivity contribution in [2.24, 2.45) is 17.8 Å². The summed E-state index contributed by atoms with van der Waals surface area (Å²) in [5.41, 5.74) is 1.81. The number of thiazole rings is 1. The second kappa shape index (κ2) is 6.93. The molecule has 4 nitrogen and oxygen atoms in total. The molecule has 0 spiro atoms. The fraction of sp³-hybridized carbons (Fsp3) is 0.474. The summed E-state index contributed by atoms with van der Waals surface area (Å²) in [6, 6.07) is 9.93. The first-order valence-electron chi connectivity index (χ1n) is 8.68. The summed E-state index contributed by atoms with van der Waals surface area (Å²) in [7, 11) is 0. The van der Waals surface area contributed by atoms with E-state index in [0.29, 0.717) is 12.3 Å². The van der Waals surface area contributed by atoms with Gasteiger partial charge in [0.05, 0.1) is 5.69 Å². The molecule has 3 atom stereocenters. The minimum absolute atomic E-state index is 0.0712. The lowest BCUT2D eigenvalue weighted by atomic mass is 9.86. The number of anilines is 2. The fourth-order valence-corrected chi connectivity index (χ4v) is 4.84. The van der Waals surface area contributed by atoms with Gasteiger partial charge in [-0.05, 0) is 49.1 Å². The van der Waals surface area contributed by atoms with Crippen LogP contribution in [0, 0.1) is 17.8 Å². The van der Waals surface area contributed by atoms with E-state index < -0.39 is 0 Å². The monoisotopic (exact) mass is 342 g/mol. The highest BCUT2D eigenvalue weighted by atomic mass is 32.1. The van der Waals surface area contributed by atoms with Crippen molar-refractivity contribution in [3.8, 4) is 0 Å². The number of hydrogen-bond acceptors (Lipinski definition) is 5. The van der Waals surface area contributed by atoms with Gasteiger partial charge in [0.2, 0.25) is 0 Å². The Kier molecular flexibility index (Phi) is 4.52. The molecule has 1 aromatic carbocycles. The second-order valence-electron chi connectivity index (χ2n) is 6.93. The van der Waals surface area contributed by atoms with Crippen LogP contribution >= 0.6 is 11.3 Å². The molecular formula is C19H22N2O2S. The van der Waals surface area contributed by atoms with E-state index in [-0.39, 0.29) is 12.6 Å². The third kappa shape index (κ3) is 3.61. The molecule has 126 valence electrons. The van der Waals surface area contributed by atoms with Crippen LogP contribution < -0.4 is 5.32 Å². The lowest BCUT2D eigenvalue weighted by molar-refractivity contribution is -0.146. The van der Waals surface area contributed by atoms with Gasteiger partial charge in [-0.15, -0.1) is 11.3 Å². The van der Waals surface area contributed by atoms with E-state index in [2.05, 4.69) is 10.3 Å². The first kappa shape index (κ1) is 15.6. The van der Waals surface area contributed by atoms with Crippen LogP contribution in [0.1, 0.15) is 37.8 Å². The van der Waals surface area contributed by atoms with Gasteiger partial charge in [-0.1, -0.05) is 24.6 Å². The van der Waals surface area contributed by atoms with Gasteiger partial charge in [0.15, 0.2) is 5.13 Å². The molecule has 2 saturated carbocycles. The highest BCUT2D eigenvalue weighted by Gasteiger charge is 2.40. The molecule has 2 aliphatic rings. The van der Waals surface area contributed by atoms with E-state index in [1.807, 2.05) is 35.7 Å². The standard InChI is InChI=1S/C19H22N2O2S/c22-18(10-15-9-13-6-7-14(15)8-13)23-11-17-12-24-19(21-17)20-16-4-2-1-3-5-16/h1-5,12-15H,6-11H2,(H,20,21). The van der Waals surface area contributed by atoms with Gasteiger partial charge in [0.25, 0.3) is 0 Å². The highest BCUT2D eigenvalue weighted by Crippen LogP contribution is 2.49. The van der Waals surface area contributed by atoms with Crippen LogP contribution in [-0.4, -0.2) is 11.0 Å². The number of esters is 1. The number of fused-ring (bicyclic) bond motifs is 2. The van der Waals surface area contributed by atoms with Crippen LogP contribution in [0.15, 0.2) is 35.7 Å². The van der Waals surface area contributed by atoms with Gasteiger partial charge in [-0.25, -0.2) is 4.98 Å². The van der Waals surface area contributed by atoms with Crippen LogP contribution in [0.5, 0.6) is 0 Å². The van der Waals surface area contributed by atoms with Crippen LogP contribution in [0.25, 0.3) is 0 Å².